The maximum Gasteiger partial charge on any atom is 0.0488 e. The predicted molar refractivity (Wildman–Crippen MR) is 86.5 cm³/mol. The van der Waals surface area contributed by atoms with E-state index in [1.165, 1.54) is 0 Å². The van der Waals surface area contributed by atoms with Crippen LogP contribution in [0, 0.1) is 0 Å². The summed E-state index contributed by atoms with van der Waals surface area (Å²) >= 11 is 12.4. The second-order valence-electron chi connectivity index (χ2n) is 5.62. The Kier molecular flexibility index (Phi) is 5.70. The largest absolute Gasteiger partial charge is 0.329 e. The smallest absolute Gasteiger partial charge is 0.0488 e. The number of hydrogen-bond acceptors (Lipinski definition) is 3. The molecule has 0 aliphatic carbocycles. The minimum absolute atomic E-state index is 0.154. The molecule has 112 valence electrons. The summed E-state index contributed by atoms with van der Waals surface area (Å²) in [7, 11) is 2.17. The van der Waals surface area contributed by atoms with Gasteiger partial charge in [-0.1, -0.05) is 29.3 Å². The van der Waals surface area contributed by atoms with Crippen LogP contribution in [0.15, 0.2) is 18.2 Å². The normalized spacial score (nSPS) is 23.6. The molecule has 1 aromatic carbocycles. The number of rotatable bonds is 3. The van der Waals surface area contributed by atoms with Crippen LogP contribution in [0.1, 0.15) is 24.9 Å². The molecule has 0 radical (unpaired) electrons. The van der Waals surface area contributed by atoms with Crippen LogP contribution >= 0.6 is 23.2 Å². The van der Waals surface area contributed by atoms with Crippen molar-refractivity contribution in [2.24, 2.45) is 5.73 Å². The van der Waals surface area contributed by atoms with Gasteiger partial charge in [0.15, 0.2) is 0 Å². The Morgan fingerprint density at radius 3 is 2.75 bits per heavy atom. The van der Waals surface area contributed by atoms with Crippen molar-refractivity contribution in [2.75, 3.05) is 33.2 Å². The molecule has 1 saturated heterocycles. The van der Waals surface area contributed by atoms with Crippen molar-refractivity contribution < 1.29 is 0 Å². The van der Waals surface area contributed by atoms with Gasteiger partial charge < -0.3 is 10.6 Å². The molecule has 0 aromatic heterocycles. The van der Waals surface area contributed by atoms with Crippen molar-refractivity contribution in [1.29, 1.82) is 0 Å². The maximum atomic E-state index is 6.36. The van der Waals surface area contributed by atoms with Crippen LogP contribution in [0.4, 0.5) is 0 Å². The van der Waals surface area contributed by atoms with Gasteiger partial charge in [-0.25, -0.2) is 0 Å². The first kappa shape index (κ1) is 16.1. The second kappa shape index (κ2) is 7.10. The third-order valence-electron chi connectivity index (χ3n) is 4.04. The highest BCUT2D eigenvalue weighted by Gasteiger charge is 2.28. The predicted octanol–water partition coefficient (Wildman–Crippen LogP) is 3.02. The van der Waals surface area contributed by atoms with Gasteiger partial charge in [0.25, 0.3) is 0 Å². The molecule has 1 fully saturated rings. The lowest BCUT2D eigenvalue weighted by molar-refractivity contribution is 0.146. The molecule has 0 bridgehead atoms. The molecule has 5 heteroatoms. The molecule has 1 aromatic rings. The molecule has 2 unspecified atom stereocenters. The van der Waals surface area contributed by atoms with E-state index in [9.17, 15) is 0 Å². The number of hydrogen-bond donors (Lipinski definition) is 1. The zero-order valence-corrected chi connectivity index (χ0v) is 13.7. The fourth-order valence-corrected chi connectivity index (χ4v) is 3.60. The van der Waals surface area contributed by atoms with E-state index in [4.69, 9.17) is 28.9 Å². The van der Waals surface area contributed by atoms with Crippen LogP contribution in [0.5, 0.6) is 0 Å². The van der Waals surface area contributed by atoms with Gasteiger partial charge in [-0.15, -0.1) is 0 Å². The zero-order valence-electron chi connectivity index (χ0n) is 12.1. The van der Waals surface area contributed by atoms with E-state index < -0.39 is 0 Å². The van der Waals surface area contributed by atoms with Gasteiger partial charge in [0.1, 0.15) is 0 Å². The van der Waals surface area contributed by atoms with E-state index in [1.807, 2.05) is 12.1 Å². The maximum absolute atomic E-state index is 6.36. The summed E-state index contributed by atoms with van der Waals surface area (Å²) in [6.45, 7) is 6.06. The van der Waals surface area contributed by atoms with Gasteiger partial charge >= 0.3 is 0 Å². The number of benzene rings is 1. The molecule has 2 atom stereocenters. The first-order valence-corrected chi connectivity index (χ1v) is 7.87. The summed E-state index contributed by atoms with van der Waals surface area (Å²) in [6.07, 6.45) is 1.16. The van der Waals surface area contributed by atoms with Crippen LogP contribution < -0.4 is 5.73 Å². The zero-order chi connectivity index (χ0) is 14.7. The van der Waals surface area contributed by atoms with Gasteiger partial charge in [0.2, 0.25) is 0 Å². The van der Waals surface area contributed by atoms with Crippen LogP contribution in [0.2, 0.25) is 10.0 Å². The van der Waals surface area contributed by atoms with Gasteiger partial charge in [0, 0.05) is 41.8 Å². The third kappa shape index (κ3) is 3.66. The quantitative estimate of drug-likeness (QED) is 0.930. The van der Waals surface area contributed by atoms with E-state index in [-0.39, 0.29) is 6.04 Å². The molecule has 1 aliphatic heterocycles. The lowest BCUT2D eigenvalue weighted by atomic mass is 10.0. The fourth-order valence-electron chi connectivity index (χ4n) is 3.07. The number of nitrogens with zero attached hydrogens (tertiary/aromatic N) is 2. The van der Waals surface area contributed by atoms with Crippen LogP contribution in [0.3, 0.4) is 0 Å². The van der Waals surface area contributed by atoms with Crippen molar-refractivity contribution >= 4 is 23.2 Å². The average molecular weight is 316 g/mol. The van der Waals surface area contributed by atoms with Crippen molar-refractivity contribution in [1.82, 2.24) is 9.80 Å². The minimum atomic E-state index is 0.154. The molecular weight excluding hydrogens is 293 g/mol. The number of nitrogens with two attached hydrogens (primary N) is 1. The molecule has 1 aliphatic rings. The summed E-state index contributed by atoms with van der Waals surface area (Å²) in [4.78, 5) is 4.85. The Bertz CT molecular complexity index is 453. The fraction of sp³-hybridized carbons (Fsp3) is 0.600. The Labute approximate surface area is 131 Å². The molecule has 2 rings (SSSR count). The van der Waals surface area contributed by atoms with Gasteiger partial charge in [-0.2, -0.15) is 0 Å². The third-order valence-corrected chi connectivity index (χ3v) is 4.61. The molecule has 2 N–H and O–H groups in total. The lowest BCUT2D eigenvalue weighted by Crippen LogP contribution is -2.43. The first-order valence-electron chi connectivity index (χ1n) is 7.12. The van der Waals surface area contributed by atoms with Crippen molar-refractivity contribution in [2.45, 2.75) is 25.4 Å². The number of likely N-dealkylation sites (N-methyl/N-ethyl adjacent to an activating group) is 1. The Balaban J connectivity index is 2.26. The minimum Gasteiger partial charge on any atom is -0.329 e. The van der Waals surface area contributed by atoms with Gasteiger partial charge in [-0.3, -0.25) is 4.90 Å². The summed E-state index contributed by atoms with van der Waals surface area (Å²) < 4.78 is 0. The second-order valence-corrected chi connectivity index (χ2v) is 6.46. The molecule has 0 saturated carbocycles. The standard InChI is InChI=1S/C15H23Cl2N3/c1-11-10-19(2)6-3-7-20(11)15(9-18)13-5-4-12(16)8-14(13)17/h4-5,8,11,15H,3,6-7,9-10,18H2,1-2H3. The Morgan fingerprint density at radius 2 is 2.10 bits per heavy atom. The SMILES string of the molecule is CC1CN(C)CCCN1C(CN)c1ccc(Cl)cc1Cl. The van der Waals surface area contributed by atoms with Crippen LogP contribution in [-0.4, -0.2) is 49.1 Å². The highest BCUT2D eigenvalue weighted by atomic mass is 35.5. The van der Waals surface area contributed by atoms with Crippen molar-refractivity contribution in [3.05, 3.63) is 33.8 Å². The van der Waals surface area contributed by atoms with Crippen molar-refractivity contribution in [3.63, 3.8) is 0 Å². The first-order chi connectivity index (χ1) is 9.52. The van der Waals surface area contributed by atoms with E-state index in [0.717, 1.165) is 31.6 Å². The molecule has 3 nitrogen and oxygen atoms in total. The van der Waals surface area contributed by atoms with E-state index in [0.29, 0.717) is 22.6 Å². The van der Waals surface area contributed by atoms with Crippen LogP contribution in [0.25, 0.3) is 0 Å². The van der Waals surface area contributed by atoms with Crippen molar-refractivity contribution in [3.8, 4) is 0 Å². The summed E-state index contributed by atoms with van der Waals surface area (Å²) in [5, 5.41) is 1.37. The Morgan fingerprint density at radius 1 is 1.35 bits per heavy atom. The van der Waals surface area contributed by atoms with Gasteiger partial charge in [0.05, 0.1) is 0 Å². The van der Waals surface area contributed by atoms with E-state index in [2.05, 4.69) is 23.8 Å². The highest BCUT2D eigenvalue weighted by Crippen LogP contribution is 2.31. The van der Waals surface area contributed by atoms with E-state index >= 15 is 0 Å². The monoisotopic (exact) mass is 315 g/mol. The molecule has 20 heavy (non-hydrogen) atoms. The summed E-state index contributed by atoms with van der Waals surface area (Å²) in [5.74, 6) is 0. The molecular formula is C15H23Cl2N3. The lowest BCUT2D eigenvalue weighted by Gasteiger charge is -2.35. The van der Waals surface area contributed by atoms with E-state index in [1.54, 1.807) is 6.07 Å². The molecule has 0 spiro atoms. The number of halogens is 2. The van der Waals surface area contributed by atoms with Crippen LogP contribution in [-0.2, 0) is 0 Å². The topological polar surface area (TPSA) is 32.5 Å². The summed E-state index contributed by atoms with van der Waals surface area (Å²) in [5.41, 5.74) is 7.12. The molecule has 1 heterocycles. The summed E-state index contributed by atoms with van der Waals surface area (Å²) in [6, 6.07) is 6.31. The molecule has 0 amide bonds. The van der Waals surface area contributed by atoms with Gasteiger partial charge in [-0.05, 0) is 44.6 Å². The highest BCUT2D eigenvalue weighted by molar-refractivity contribution is 6.35. The Hall–Kier alpha value is -0.320. The average Bonchev–Trinajstić information content (AvgIpc) is 2.54.